The predicted octanol–water partition coefficient (Wildman–Crippen LogP) is 4.55. The number of aromatic amines is 1. The lowest BCUT2D eigenvalue weighted by Crippen LogP contribution is -2.31. The van der Waals surface area contributed by atoms with Gasteiger partial charge in [-0.1, -0.05) is 17.7 Å². The van der Waals surface area contributed by atoms with Gasteiger partial charge in [-0.05, 0) is 42.5 Å². The van der Waals surface area contributed by atoms with Gasteiger partial charge in [-0.15, -0.1) is 0 Å². The number of H-pyrrole nitrogens is 1. The maximum absolute atomic E-state index is 13.2. The Bertz CT molecular complexity index is 1470. The summed E-state index contributed by atoms with van der Waals surface area (Å²) in [7, 11) is 1.51. The van der Waals surface area contributed by atoms with Crippen molar-refractivity contribution in [2.24, 2.45) is 0 Å². The summed E-state index contributed by atoms with van der Waals surface area (Å²) in [6, 6.07) is 12.0. The number of rotatable bonds is 6. The lowest BCUT2D eigenvalue weighted by Gasteiger charge is -2.17. The average molecular weight is 507 g/mol. The lowest BCUT2D eigenvalue weighted by atomic mass is 10.1. The van der Waals surface area contributed by atoms with Crippen LogP contribution in [-0.2, 0) is 6.42 Å². The maximum Gasteiger partial charge on any atom is 0.258 e. The van der Waals surface area contributed by atoms with E-state index in [1.54, 1.807) is 24.3 Å². The number of carbonyl (C=O) groups excluding carboxylic acids is 2. The Balaban J connectivity index is 1.54. The van der Waals surface area contributed by atoms with E-state index in [1.165, 1.54) is 37.6 Å². The molecule has 5 rings (SSSR count). The zero-order valence-corrected chi connectivity index (χ0v) is 19.7. The van der Waals surface area contributed by atoms with Crippen LogP contribution in [0.4, 0.5) is 21.7 Å². The molecule has 0 atom stereocenters. The van der Waals surface area contributed by atoms with E-state index in [4.69, 9.17) is 16.3 Å². The van der Waals surface area contributed by atoms with Crippen molar-refractivity contribution in [1.82, 2.24) is 20.3 Å². The number of aromatic nitrogens is 3. The van der Waals surface area contributed by atoms with Gasteiger partial charge in [0.15, 0.2) is 5.75 Å². The van der Waals surface area contributed by atoms with Crippen LogP contribution in [0.1, 0.15) is 26.4 Å². The number of carbonyl (C=O) groups is 2. The van der Waals surface area contributed by atoms with Gasteiger partial charge in [0.1, 0.15) is 5.82 Å². The molecule has 0 saturated heterocycles. The second-order valence-electron chi connectivity index (χ2n) is 7.91. The fourth-order valence-electron chi connectivity index (χ4n) is 3.98. The van der Waals surface area contributed by atoms with Gasteiger partial charge < -0.3 is 20.4 Å². The standard InChI is InChI=1S/C25H20ClFN6O3/c1-36-22-15(26)3-2-4-18(22)31-21-19-16(9-11-28-24(19)35)30-20(21)17-10-12-29-25(32-17)33-23(34)13-5-7-14(27)8-6-13/h2-8,10,12,30-31H,9,11H2,1H3,(H,28,35)(H,29,32,33,34). The van der Waals surface area contributed by atoms with Crippen LogP contribution >= 0.6 is 11.6 Å². The van der Waals surface area contributed by atoms with Gasteiger partial charge in [0.2, 0.25) is 5.95 Å². The second kappa shape index (κ2) is 9.67. The molecule has 4 aromatic rings. The first-order valence-corrected chi connectivity index (χ1v) is 11.4. The fourth-order valence-corrected chi connectivity index (χ4v) is 4.23. The van der Waals surface area contributed by atoms with Gasteiger partial charge >= 0.3 is 0 Å². The van der Waals surface area contributed by atoms with Crippen LogP contribution in [0, 0.1) is 5.82 Å². The summed E-state index contributed by atoms with van der Waals surface area (Å²) < 4.78 is 18.6. The smallest absolute Gasteiger partial charge is 0.258 e. The molecule has 9 nitrogen and oxygen atoms in total. The quantitative estimate of drug-likeness (QED) is 0.304. The number of amides is 2. The summed E-state index contributed by atoms with van der Waals surface area (Å²) in [5.41, 5.74) is 3.46. The number of hydrogen-bond donors (Lipinski definition) is 4. The SMILES string of the molecule is COc1c(Cl)cccc1Nc1c(-c2ccnc(NC(=O)c3ccc(F)cc3)n2)[nH]c2c1C(=O)NCC2. The largest absolute Gasteiger partial charge is 0.493 e. The summed E-state index contributed by atoms with van der Waals surface area (Å²) in [6.45, 7) is 0.495. The van der Waals surface area contributed by atoms with Crippen LogP contribution in [0.2, 0.25) is 5.02 Å². The van der Waals surface area contributed by atoms with E-state index in [1.807, 2.05) is 0 Å². The average Bonchev–Trinajstić information content (AvgIpc) is 3.24. The molecule has 2 aromatic heterocycles. The molecule has 4 N–H and O–H groups in total. The van der Waals surface area contributed by atoms with Crippen molar-refractivity contribution in [2.75, 3.05) is 24.3 Å². The molecule has 3 heterocycles. The van der Waals surface area contributed by atoms with Gasteiger partial charge in [-0.3, -0.25) is 14.9 Å². The fraction of sp³-hybridized carbons (Fsp3) is 0.120. The monoisotopic (exact) mass is 506 g/mol. The minimum Gasteiger partial charge on any atom is -0.493 e. The highest BCUT2D eigenvalue weighted by Gasteiger charge is 2.28. The molecule has 0 bridgehead atoms. The second-order valence-corrected chi connectivity index (χ2v) is 8.31. The normalized spacial score (nSPS) is 12.5. The molecule has 0 saturated carbocycles. The van der Waals surface area contributed by atoms with E-state index >= 15 is 0 Å². The van der Waals surface area contributed by atoms with E-state index in [2.05, 4.69) is 30.9 Å². The third kappa shape index (κ3) is 4.46. The van der Waals surface area contributed by atoms with Crippen molar-refractivity contribution in [3.63, 3.8) is 0 Å². The molecule has 0 aliphatic carbocycles. The summed E-state index contributed by atoms with van der Waals surface area (Å²) in [4.78, 5) is 37.3. The summed E-state index contributed by atoms with van der Waals surface area (Å²) in [6.07, 6.45) is 2.09. The van der Waals surface area contributed by atoms with Gasteiger partial charge in [-0.25, -0.2) is 14.4 Å². The van der Waals surface area contributed by atoms with Crippen molar-refractivity contribution in [2.45, 2.75) is 6.42 Å². The number of halogens is 2. The first kappa shape index (κ1) is 23.3. The first-order valence-electron chi connectivity index (χ1n) is 11.0. The predicted molar refractivity (Wildman–Crippen MR) is 133 cm³/mol. The zero-order chi connectivity index (χ0) is 25.2. The topological polar surface area (TPSA) is 121 Å². The number of anilines is 3. The van der Waals surface area contributed by atoms with Crippen LogP contribution in [0.15, 0.2) is 54.7 Å². The van der Waals surface area contributed by atoms with Crippen molar-refractivity contribution in [1.29, 1.82) is 0 Å². The van der Waals surface area contributed by atoms with E-state index < -0.39 is 11.7 Å². The molecular formula is C25H20ClFN6O3. The first-order chi connectivity index (χ1) is 17.4. The zero-order valence-electron chi connectivity index (χ0n) is 19.0. The Morgan fingerprint density at radius 1 is 1.17 bits per heavy atom. The van der Waals surface area contributed by atoms with Crippen molar-refractivity contribution in [3.8, 4) is 17.1 Å². The molecule has 0 unspecified atom stereocenters. The molecule has 1 aliphatic heterocycles. The Morgan fingerprint density at radius 3 is 2.75 bits per heavy atom. The van der Waals surface area contributed by atoms with E-state index in [9.17, 15) is 14.0 Å². The Morgan fingerprint density at radius 2 is 1.97 bits per heavy atom. The summed E-state index contributed by atoms with van der Waals surface area (Å²) in [5, 5.41) is 9.16. The highest BCUT2D eigenvalue weighted by Crippen LogP contribution is 2.40. The van der Waals surface area contributed by atoms with Crippen molar-refractivity contribution < 1.29 is 18.7 Å². The number of ether oxygens (including phenoxy) is 1. The van der Waals surface area contributed by atoms with Crippen LogP contribution in [0.25, 0.3) is 11.4 Å². The van der Waals surface area contributed by atoms with E-state index in [0.717, 1.165) is 5.69 Å². The molecule has 11 heteroatoms. The molecule has 0 spiro atoms. The van der Waals surface area contributed by atoms with Gasteiger partial charge in [0, 0.05) is 30.4 Å². The number of nitrogens with zero attached hydrogens (tertiary/aromatic N) is 2. The Labute approximate surface area is 210 Å². The Hall–Kier alpha value is -4.44. The Kier molecular flexibility index (Phi) is 6.26. The molecular weight excluding hydrogens is 487 g/mol. The lowest BCUT2D eigenvalue weighted by molar-refractivity contribution is 0.0946. The third-order valence-electron chi connectivity index (χ3n) is 5.64. The molecule has 182 valence electrons. The highest BCUT2D eigenvalue weighted by molar-refractivity contribution is 6.32. The number of para-hydroxylation sites is 1. The minimum absolute atomic E-state index is 0.0464. The number of nitrogens with one attached hydrogen (secondary N) is 4. The molecule has 0 fully saturated rings. The van der Waals surface area contributed by atoms with Crippen molar-refractivity contribution in [3.05, 3.63) is 82.4 Å². The molecule has 1 aliphatic rings. The van der Waals surface area contributed by atoms with Crippen LogP contribution in [-0.4, -0.2) is 40.4 Å². The number of methoxy groups -OCH3 is 1. The number of fused-ring (bicyclic) bond motifs is 1. The third-order valence-corrected chi connectivity index (χ3v) is 5.94. The van der Waals surface area contributed by atoms with Gasteiger partial charge in [-0.2, -0.15) is 0 Å². The van der Waals surface area contributed by atoms with Gasteiger partial charge in [0.05, 0.1) is 40.5 Å². The maximum atomic E-state index is 13.2. The number of benzene rings is 2. The number of hydrogen-bond acceptors (Lipinski definition) is 6. The molecule has 2 aromatic carbocycles. The molecule has 0 radical (unpaired) electrons. The van der Waals surface area contributed by atoms with Crippen LogP contribution < -0.4 is 20.7 Å². The van der Waals surface area contributed by atoms with E-state index in [0.29, 0.717) is 52.1 Å². The van der Waals surface area contributed by atoms with Gasteiger partial charge in [0.25, 0.3) is 11.8 Å². The minimum atomic E-state index is -0.487. The summed E-state index contributed by atoms with van der Waals surface area (Å²) in [5.74, 6) is -0.697. The summed E-state index contributed by atoms with van der Waals surface area (Å²) >= 11 is 6.29. The van der Waals surface area contributed by atoms with Crippen LogP contribution in [0.3, 0.4) is 0 Å². The van der Waals surface area contributed by atoms with Crippen LogP contribution in [0.5, 0.6) is 5.75 Å². The van der Waals surface area contributed by atoms with E-state index in [-0.39, 0.29) is 17.4 Å². The highest BCUT2D eigenvalue weighted by atomic mass is 35.5. The molecule has 2 amide bonds. The molecule has 36 heavy (non-hydrogen) atoms. The van der Waals surface area contributed by atoms with Crippen molar-refractivity contribution >= 4 is 40.7 Å².